The number of fused-ring (bicyclic) bond motifs is 1. The highest BCUT2D eigenvalue weighted by Gasteiger charge is 2.28. The maximum absolute atomic E-state index is 12.3. The molecule has 27 heavy (non-hydrogen) atoms. The number of aryl methyl sites for hydroxylation is 1. The second kappa shape index (κ2) is 6.77. The molecule has 7 heteroatoms. The van der Waals surface area contributed by atoms with Crippen molar-refractivity contribution >= 4 is 40.4 Å². The van der Waals surface area contributed by atoms with Crippen LogP contribution in [0.15, 0.2) is 48.7 Å². The summed E-state index contributed by atoms with van der Waals surface area (Å²) in [7, 11) is 0. The van der Waals surface area contributed by atoms with E-state index in [1.54, 1.807) is 17.4 Å². The average Bonchev–Trinajstić information content (AvgIpc) is 3.15. The Bertz CT molecular complexity index is 1090. The standard InChI is InChI=1S/C20H15N3O3S/c1-12-7-15(8-13-5-3-2-4-6-13)27-18(12)10-17-16-9-14(23(25)26)11-21-19(16)22-20(17)24/h2-7,9-11H,8H2,1H3,(H,21,22,24). The number of amides is 1. The van der Waals surface area contributed by atoms with Crippen LogP contribution in [-0.4, -0.2) is 15.8 Å². The van der Waals surface area contributed by atoms with Crippen molar-refractivity contribution in [3.05, 3.63) is 85.2 Å². The predicted molar refractivity (Wildman–Crippen MR) is 106 cm³/mol. The van der Waals surface area contributed by atoms with Crippen molar-refractivity contribution in [1.29, 1.82) is 0 Å². The first-order chi connectivity index (χ1) is 13.0. The van der Waals surface area contributed by atoms with Crippen LogP contribution in [0.2, 0.25) is 0 Å². The molecular weight excluding hydrogens is 362 g/mol. The van der Waals surface area contributed by atoms with Gasteiger partial charge in [0.05, 0.1) is 10.5 Å². The van der Waals surface area contributed by atoms with Gasteiger partial charge >= 0.3 is 0 Å². The molecule has 0 bridgehead atoms. The summed E-state index contributed by atoms with van der Waals surface area (Å²) in [5.74, 6) is 0.0611. The third-order valence-electron chi connectivity index (χ3n) is 4.35. The average molecular weight is 377 g/mol. The summed E-state index contributed by atoms with van der Waals surface area (Å²) in [5.41, 5.74) is 3.02. The van der Waals surface area contributed by atoms with Crippen molar-refractivity contribution in [3.63, 3.8) is 0 Å². The molecule has 0 unspecified atom stereocenters. The normalized spacial score (nSPS) is 14.3. The summed E-state index contributed by atoms with van der Waals surface area (Å²) in [6.45, 7) is 2.00. The van der Waals surface area contributed by atoms with E-state index in [9.17, 15) is 14.9 Å². The van der Waals surface area contributed by atoms with E-state index in [0.29, 0.717) is 17.0 Å². The van der Waals surface area contributed by atoms with Crippen LogP contribution in [0.1, 0.15) is 26.4 Å². The Balaban J connectivity index is 1.69. The number of benzene rings is 1. The lowest BCUT2D eigenvalue weighted by molar-refractivity contribution is -0.385. The summed E-state index contributed by atoms with van der Waals surface area (Å²) >= 11 is 1.62. The van der Waals surface area contributed by atoms with Gasteiger partial charge in [-0.3, -0.25) is 14.9 Å². The summed E-state index contributed by atoms with van der Waals surface area (Å²) in [4.78, 5) is 29.0. The molecule has 2 aromatic heterocycles. The van der Waals surface area contributed by atoms with E-state index in [1.807, 2.05) is 25.1 Å². The van der Waals surface area contributed by atoms with Gasteiger partial charge in [-0.15, -0.1) is 11.3 Å². The number of hydrogen-bond donors (Lipinski definition) is 1. The zero-order chi connectivity index (χ0) is 19.0. The van der Waals surface area contributed by atoms with Crippen molar-refractivity contribution < 1.29 is 9.72 Å². The highest BCUT2D eigenvalue weighted by Crippen LogP contribution is 2.36. The quantitative estimate of drug-likeness (QED) is 0.414. The van der Waals surface area contributed by atoms with Gasteiger partial charge in [-0.05, 0) is 30.2 Å². The molecule has 3 heterocycles. The minimum absolute atomic E-state index is 0.135. The molecule has 0 saturated carbocycles. The number of hydrogen-bond acceptors (Lipinski definition) is 5. The third-order valence-corrected chi connectivity index (χ3v) is 5.54. The third kappa shape index (κ3) is 3.37. The SMILES string of the molecule is Cc1cc(Cc2ccccc2)sc1C=C1C(=O)Nc2ncc([N+](=O)[O-])cc21. The molecule has 0 saturated heterocycles. The number of aromatic nitrogens is 1. The second-order valence-electron chi connectivity index (χ2n) is 6.28. The number of rotatable bonds is 4. The monoisotopic (exact) mass is 377 g/mol. The number of nitrogens with one attached hydrogen (secondary N) is 1. The fraction of sp³-hybridized carbons (Fsp3) is 0.100. The van der Waals surface area contributed by atoms with Crippen LogP contribution in [0.25, 0.3) is 11.6 Å². The fourth-order valence-electron chi connectivity index (χ4n) is 3.02. The lowest BCUT2D eigenvalue weighted by atomic mass is 10.1. The van der Waals surface area contributed by atoms with E-state index in [4.69, 9.17) is 0 Å². The minimum Gasteiger partial charge on any atom is -0.306 e. The van der Waals surface area contributed by atoms with Crippen molar-refractivity contribution in [2.24, 2.45) is 0 Å². The number of pyridine rings is 1. The van der Waals surface area contributed by atoms with Gasteiger partial charge in [0.15, 0.2) is 0 Å². The molecular formula is C20H15N3O3S. The number of carbonyl (C=O) groups excluding carboxylic acids is 1. The van der Waals surface area contributed by atoms with Gasteiger partial charge in [-0.1, -0.05) is 30.3 Å². The van der Waals surface area contributed by atoms with Crippen LogP contribution < -0.4 is 5.32 Å². The van der Waals surface area contributed by atoms with E-state index < -0.39 is 4.92 Å². The Morgan fingerprint density at radius 2 is 2.04 bits per heavy atom. The largest absolute Gasteiger partial charge is 0.306 e. The predicted octanol–water partition coefficient (Wildman–Crippen LogP) is 4.44. The molecule has 1 aliphatic rings. The molecule has 1 aliphatic heterocycles. The summed E-state index contributed by atoms with van der Waals surface area (Å²) in [6.07, 6.45) is 3.77. The van der Waals surface area contributed by atoms with Crippen LogP contribution in [0.3, 0.4) is 0 Å². The van der Waals surface area contributed by atoms with Crippen molar-refractivity contribution in [3.8, 4) is 0 Å². The molecule has 0 spiro atoms. The van der Waals surface area contributed by atoms with Gasteiger partial charge in [0.1, 0.15) is 12.0 Å². The number of carbonyl (C=O) groups is 1. The Hall–Kier alpha value is -3.32. The first-order valence-corrected chi connectivity index (χ1v) is 9.14. The van der Waals surface area contributed by atoms with E-state index in [2.05, 4.69) is 28.5 Å². The van der Waals surface area contributed by atoms with Gasteiger partial charge in [0, 0.05) is 27.8 Å². The smallest absolute Gasteiger partial charge is 0.288 e. The molecule has 4 rings (SSSR count). The first-order valence-electron chi connectivity index (χ1n) is 8.32. The summed E-state index contributed by atoms with van der Waals surface area (Å²) in [5, 5.41) is 13.7. The highest BCUT2D eigenvalue weighted by molar-refractivity contribution is 7.13. The molecule has 0 fully saturated rings. The first kappa shape index (κ1) is 17.1. The molecule has 1 N–H and O–H groups in total. The second-order valence-corrected chi connectivity index (χ2v) is 7.45. The van der Waals surface area contributed by atoms with Gasteiger partial charge in [0.2, 0.25) is 0 Å². The maximum atomic E-state index is 12.3. The van der Waals surface area contributed by atoms with Gasteiger partial charge in [-0.2, -0.15) is 0 Å². The minimum atomic E-state index is -0.512. The molecule has 1 amide bonds. The lowest BCUT2D eigenvalue weighted by Gasteiger charge is -1.98. The number of nitrogens with zero attached hydrogens (tertiary/aromatic N) is 2. The van der Waals surface area contributed by atoms with E-state index >= 15 is 0 Å². The van der Waals surface area contributed by atoms with Crippen LogP contribution in [0.5, 0.6) is 0 Å². The van der Waals surface area contributed by atoms with E-state index in [0.717, 1.165) is 23.1 Å². The maximum Gasteiger partial charge on any atom is 0.288 e. The van der Waals surface area contributed by atoms with Crippen molar-refractivity contribution in [2.45, 2.75) is 13.3 Å². The zero-order valence-electron chi connectivity index (χ0n) is 14.4. The van der Waals surface area contributed by atoms with Gasteiger partial charge in [0.25, 0.3) is 11.6 Å². The van der Waals surface area contributed by atoms with Gasteiger partial charge < -0.3 is 5.32 Å². The van der Waals surface area contributed by atoms with Crippen LogP contribution in [0.4, 0.5) is 11.5 Å². The molecule has 0 atom stereocenters. The van der Waals surface area contributed by atoms with Crippen LogP contribution >= 0.6 is 11.3 Å². The van der Waals surface area contributed by atoms with Crippen LogP contribution in [-0.2, 0) is 11.2 Å². The Labute approximate surface area is 159 Å². The Morgan fingerprint density at radius 1 is 1.26 bits per heavy atom. The lowest BCUT2D eigenvalue weighted by Crippen LogP contribution is -2.04. The van der Waals surface area contributed by atoms with Crippen molar-refractivity contribution in [1.82, 2.24) is 4.98 Å². The molecule has 1 aromatic carbocycles. The Kier molecular flexibility index (Phi) is 4.29. The molecule has 134 valence electrons. The summed E-state index contributed by atoms with van der Waals surface area (Å²) < 4.78 is 0. The summed E-state index contributed by atoms with van der Waals surface area (Å²) in [6, 6.07) is 13.7. The molecule has 6 nitrogen and oxygen atoms in total. The van der Waals surface area contributed by atoms with E-state index in [-0.39, 0.29) is 11.6 Å². The highest BCUT2D eigenvalue weighted by atomic mass is 32.1. The topological polar surface area (TPSA) is 85.1 Å². The molecule has 0 aliphatic carbocycles. The molecule has 0 radical (unpaired) electrons. The van der Waals surface area contributed by atoms with E-state index in [1.165, 1.54) is 16.5 Å². The molecule has 3 aromatic rings. The Morgan fingerprint density at radius 3 is 2.78 bits per heavy atom. The fourth-order valence-corrected chi connectivity index (χ4v) is 4.18. The number of anilines is 1. The van der Waals surface area contributed by atoms with Crippen LogP contribution in [0, 0.1) is 17.0 Å². The van der Waals surface area contributed by atoms with Gasteiger partial charge in [-0.25, -0.2) is 4.98 Å². The zero-order valence-corrected chi connectivity index (χ0v) is 15.2. The number of thiophene rings is 1. The van der Waals surface area contributed by atoms with Crippen molar-refractivity contribution in [2.75, 3.05) is 5.32 Å². The number of nitro groups is 1.